The first-order chi connectivity index (χ1) is 9.54. The van der Waals surface area contributed by atoms with Crippen molar-refractivity contribution in [2.45, 2.75) is 19.9 Å². The molecule has 0 aliphatic heterocycles. The standard InChI is InChI=1S/C16H16BrF2N/c1-3-20-16(11-5-7-12(17)8-6-11)14-13(18)9-4-10(2)15(14)19/h4-9,16,20H,3H2,1-2H3. The first-order valence-corrected chi connectivity index (χ1v) is 7.27. The molecule has 0 heterocycles. The minimum absolute atomic E-state index is 0.0779. The highest BCUT2D eigenvalue weighted by atomic mass is 79.9. The Balaban J connectivity index is 2.54. The van der Waals surface area contributed by atoms with Crippen LogP contribution in [0.1, 0.15) is 29.7 Å². The zero-order chi connectivity index (χ0) is 14.7. The minimum atomic E-state index is -0.526. The van der Waals surface area contributed by atoms with Gasteiger partial charge in [0.2, 0.25) is 0 Å². The molecule has 0 radical (unpaired) electrons. The van der Waals surface area contributed by atoms with Gasteiger partial charge in [-0.1, -0.05) is 41.1 Å². The number of rotatable bonds is 4. The molecule has 0 bridgehead atoms. The summed E-state index contributed by atoms with van der Waals surface area (Å²) in [5.41, 5.74) is 1.36. The van der Waals surface area contributed by atoms with Crippen LogP contribution in [-0.4, -0.2) is 6.54 Å². The number of aryl methyl sites for hydroxylation is 1. The number of benzene rings is 2. The average molecular weight is 340 g/mol. The molecular formula is C16H16BrF2N. The second-order valence-corrected chi connectivity index (χ2v) is 5.55. The molecule has 0 saturated carbocycles. The van der Waals surface area contributed by atoms with Gasteiger partial charge in [-0.3, -0.25) is 0 Å². The van der Waals surface area contributed by atoms with Crippen LogP contribution in [0.15, 0.2) is 40.9 Å². The summed E-state index contributed by atoms with van der Waals surface area (Å²) in [5, 5.41) is 3.15. The van der Waals surface area contributed by atoms with Crippen molar-refractivity contribution in [1.29, 1.82) is 0 Å². The van der Waals surface area contributed by atoms with Crippen molar-refractivity contribution in [1.82, 2.24) is 5.32 Å². The van der Waals surface area contributed by atoms with E-state index in [1.54, 1.807) is 6.92 Å². The zero-order valence-corrected chi connectivity index (χ0v) is 13.0. The van der Waals surface area contributed by atoms with E-state index < -0.39 is 17.7 Å². The van der Waals surface area contributed by atoms with E-state index in [-0.39, 0.29) is 5.56 Å². The van der Waals surface area contributed by atoms with E-state index >= 15 is 0 Å². The molecule has 0 amide bonds. The van der Waals surface area contributed by atoms with Gasteiger partial charge in [-0.2, -0.15) is 0 Å². The van der Waals surface area contributed by atoms with Gasteiger partial charge in [0.05, 0.1) is 6.04 Å². The Morgan fingerprint density at radius 1 is 1.10 bits per heavy atom. The summed E-state index contributed by atoms with van der Waals surface area (Å²) in [6.07, 6.45) is 0. The van der Waals surface area contributed by atoms with E-state index in [4.69, 9.17) is 0 Å². The van der Waals surface area contributed by atoms with Crippen molar-refractivity contribution in [2.75, 3.05) is 6.54 Å². The molecule has 0 aliphatic carbocycles. The normalized spacial score (nSPS) is 12.4. The van der Waals surface area contributed by atoms with Gasteiger partial charge in [-0.25, -0.2) is 8.78 Å². The summed E-state index contributed by atoms with van der Waals surface area (Å²) >= 11 is 3.36. The monoisotopic (exact) mass is 339 g/mol. The summed E-state index contributed by atoms with van der Waals surface area (Å²) in [4.78, 5) is 0. The van der Waals surface area contributed by atoms with Gasteiger partial charge in [0.15, 0.2) is 0 Å². The number of nitrogens with one attached hydrogen (secondary N) is 1. The van der Waals surface area contributed by atoms with Gasteiger partial charge in [-0.05, 0) is 42.8 Å². The Bertz CT molecular complexity index is 596. The van der Waals surface area contributed by atoms with Crippen LogP contribution in [0.2, 0.25) is 0 Å². The first kappa shape index (κ1) is 15.1. The topological polar surface area (TPSA) is 12.0 Å². The van der Waals surface area contributed by atoms with E-state index in [9.17, 15) is 8.78 Å². The van der Waals surface area contributed by atoms with Crippen LogP contribution in [0.5, 0.6) is 0 Å². The lowest BCUT2D eigenvalue weighted by Crippen LogP contribution is -2.24. The number of hydrogen-bond acceptors (Lipinski definition) is 1. The van der Waals surface area contributed by atoms with Crippen molar-refractivity contribution in [2.24, 2.45) is 0 Å². The van der Waals surface area contributed by atoms with Gasteiger partial charge in [0, 0.05) is 10.0 Å². The molecule has 20 heavy (non-hydrogen) atoms. The highest BCUT2D eigenvalue weighted by Gasteiger charge is 2.22. The summed E-state index contributed by atoms with van der Waals surface area (Å²) in [5.74, 6) is -1.01. The van der Waals surface area contributed by atoms with Gasteiger partial charge in [0.25, 0.3) is 0 Å². The zero-order valence-electron chi connectivity index (χ0n) is 11.4. The second kappa shape index (κ2) is 6.46. The quantitative estimate of drug-likeness (QED) is 0.848. The fraction of sp³-hybridized carbons (Fsp3) is 0.250. The van der Waals surface area contributed by atoms with E-state index in [0.29, 0.717) is 12.1 Å². The Hall–Kier alpha value is -1.26. The lowest BCUT2D eigenvalue weighted by Gasteiger charge is -2.21. The predicted octanol–water partition coefficient (Wildman–Crippen LogP) is 4.73. The summed E-state index contributed by atoms with van der Waals surface area (Å²) in [6.45, 7) is 4.17. The van der Waals surface area contributed by atoms with Crippen molar-refractivity contribution < 1.29 is 8.78 Å². The fourth-order valence-corrected chi connectivity index (χ4v) is 2.45. The molecule has 1 atom stereocenters. The van der Waals surface area contributed by atoms with Crippen LogP contribution in [0.25, 0.3) is 0 Å². The second-order valence-electron chi connectivity index (χ2n) is 4.63. The van der Waals surface area contributed by atoms with Crippen molar-refractivity contribution in [3.8, 4) is 0 Å². The summed E-state index contributed by atoms with van der Waals surface area (Å²) in [7, 11) is 0. The van der Waals surface area contributed by atoms with E-state index in [1.807, 2.05) is 31.2 Å². The van der Waals surface area contributed by atoms with Gasteiger partial charge >= 0.3 is 0 Å². The molecule has 1 unspecified atom stereocenters. The Labute approximate surface area is 126 Å². The molecule has 0 fully saturated rings. The lowest BCUT2D eigenvalue weighted by atomic mass is 9.96. The summed E-state index contributed by atoms with van der Waals surface area (Å²) in [6, 6.07) is 9.73. The molecule has 0 saturated heterocycles. The Morgan fingerprint density at radius 2 is 1.75 bits per heavy atom. The molecule has 1 nitrogen and oxygen atoms in total. The van der Waals surface area contributed by atoms with E-state index in [2.05, 4.69) is 21.2 Å². The molecule has 2 aromatic rings. The maximum Gasteiger partial charge on any atom is 0.134 e. The first-order valence-electron chi connectivity index (χ1n) is 6.48. The molecular weight excluding hydrogens is 324 g/mol. The highest BCUT2D eigenvalue weighted by molar-refractivity contribution is 9.10. The van der Waals surface area contributed by atoms with Crippen molar-refractivity contribution >= 4 is 15.9 Å². The molecule has 0 aromatic heterocycles. The average Bonchev–Trinajstić information content (AvgIpc) is 2.43. The fourth-order valence-electron chi connectivity index (χ4n) is 2.19. The van der Waals surface area contributed by atoms with Crippen LogP contribution < -0.4 is 5.32 Å². The third-order valence-electron chi connectivity index (χ3n) is 3.22. The van der Waals surface area contributed by atoms with Crippen LogP contribution in [0.3, 0.4) is 0 Å². The van der Waals surface area contributed by atoms with Crippen LogP contribution in [0, 0.1) is 18.6 Å². The summed E-state index contributed by atoms with van der Waals surface area (Å²) < 4.78 is 29.3. The Morgan fingerprint density at radius 3 is 2.35 bits per heavy atom. The Kier molecular flexibility index (Phi) is 4.89. The molecule has 2 rings (SSSR count). The molecule has 0 aliphatic rings. The van der Waals surface area contributed by atoms with Crippen LogP contribution in [-0.2, 0) is 0 Å². The maximum atomic E-state index is 14.3. The minimum Gasteiger partial charge on any atom is -0.306 e. The maximum absolute atomic E-state index is 14.3. The largest absolute Gasteiger partial charge is 0.306 e. The highest BCUT2D eigenvalue weighted by Crippen LogP contribution is 2.29. The van der Waals surface area contributed by atoms with Gasteiger partial charge in [-0.15, -0.1) is 0 Å². The number of hydrogen-bond donors (Lipinski definition) is 1. The third kappa shape index (κ3) is 3.07. The van der Waals surface area contributed by atoms with Crippen molar-refractivity contribution in [3.63, 3.8) is 0 Å². The van der Waals surface area contributed by atoms with Crippen LogP contribution >= 0.6 is 15.9 Å². The lowest BCUT2D eigenvalue weighted by molar-refractivity contribution is 0.506. The van der Waals surface area contributed by atoms with Crippen molar-refractivity contribution in [3.05, 3.63) is 69.2 Å². The molecule has 1 N–H and O–H groups in total. The van der Waals surface area contributed by atoms with E-state index in [1.165, 1.54) is 12.1 Å². The SMILES string of the molecule is CCNC(c1ccc(Br)cc1)c1c(F)ccc(C)c1F. The third-order valence-corrected chi connectivity index (χ3v) is 3.75. The van der Waals surface area contributed by atoms with E-state index in [0.717, 1.165) is 10.0 Å². The number of halogens is 3. The van der Waals surface area contributed by atoms with Gasteiger partial charge < -0.3 is 5.32 Å². The van der Waals surface area contributed by atoms with Crippen LogP contribution in [0.4, 0.5) is 8.78 Å². The van der Waals surface area contributed by atoms with Gasteiger partial charge in [0.1, 0.15) is 11.6 Å². The smallest absolute Gasteiger partial charge is 0.134 e. The molecule has 4 heteroatoms. The molecule has 0 spiro atoms. The molecule has 106 valence electrons. The predicted molar refractivity (Wildman–Crippen MR) is 80.8 cm³/mol. The molecule has 2 aromatic carbocycles.